The molecule has 0 amide bonds. The fourth-order valence-corrected chi connectivity index (χ4v) is 3.19. The molecule has 1 atom stereocenters. The molecule has 4 heteroatoms. The van der Waals surface area contributed by atoms with Gasteiger partial charge in [-0.3, -0.25) is 0 Å². The van der Waals surface area contributed by atoms with E-state index in [1.807, 2.05) is 11.8 Å². The Labute approximate surface area is 129 Å². The first kappa shape index (κ1) is 17.0. The quantitative estimate of drug-likeness (QED) is 0.550. The molecule has 0 saturated heterocycles. The van der Waals surface area contributed by atoms with Crippen LogP contribution in [-0.2, 0) is 0 Å². The average molecular weight is 346 g/mol. The van der Waals surface area contributed by atoms with Crippen molar-refractivity contribution in [1.29, 1.82) is 0 Å². The highest BCUT2D eigenvalue weighted by molar-refractivity contribution is 9.10. The van der Waals surface area contributed by atoms with Crippen LogP contribution in [0.2, 0.25) is 0 Å². The summed E-state index contributed by atoms with van der Waals surface area (Å²) >= 11 is 5.31. The lowest BCUT2D eigenvalue weighted by Gasteiger charge is -2.31. The molecular weight excluding hydrogens is 322 g/mol. The summed E-state index contributed by atoms with van der Waals surface area (Å²) in [5.41, 5.74) is -0.158. The number of benzene rings is 1. The molecule has 0 spiro atoms. The number of hydrogen-bond acceptors (Lipinski definition) is 3. The van der Waals surface area contributed by atoms with Crippen LogP contribution in [0.3, 0.4) is 0 Å². The van der Waals surface area contributed by atoms with Crippen molar-refractivity contribution in [2.45, 2.75) is 50.1 Å². The third-order valence-electron chi connectivity index (χ3n) is 2.94. The number of aliphatic hydroxyl groups excluding tert-OH is 1. The second-order valence-electron chi connectivity index (χ2n) is 5.42. The van der Waals surface area contributed by atoms with E-state index in [1.54, 1.807) is 0 Å². The zero-order valence-electron chi connectivity index (χ0n) is 11.9. The molecule has 2 nitrogen and oxygen atoms in total. The van der Waals surface area contributed by atoms with E-state index in [1.165, 1.54) is 4.90 Å². The maximum Gasteiger partial charge on any atom is 0.0610 e. The van der Waals surface area contributed by atoms with Crippen LogP contribution in [0.15, 0.2) is 33.6 Å². The first-order valence-corrected chi connectivity index (χ1v) is 8.50. The van der Waals surface area contributed by atoms with E-state index in [0.717, 1.165) is 23.1 Å². The van der Waals surface area contributed by atoms with Gasteiger partial charge in [-0.25, -0.2) is 0 Å². The number of rotatable bonds is 8. The van der Waals surface area contributed by atoms with Crippen molar-refractivity contribution in [3.63, 3.8) is 0 Å². The van der Waals surface area contributed by atoms with E-state index in [0.29, 0.717) is 6.04 Å². The molecule has 2 N–H and O–H groups in total. The topological polar surface area (TPSA) is 32.3 Å². The molecule has 0 aliphatic rings. The van der Waals surface area contributed by atoms with Crippen molar-refractivity contribution < 1.29 is 5.11 Å². The third-order valence-corrected chi connectivity index (χ3v) is 4.57. The SMILES string of the molecule is CC(C)NC(C)(CO)CCCSc1ccc(Br)cc1. The molecule has 0 bridgehead atoms. The van der Waals surface area contributed by atoms with E-state index >= 15 is 0 Å². The first-order valence-electron chi connectivity index (χ1n) is 6.72. The van der Waals surface area contributed by atoms with Crippen molar-refractivity contribution in [2.75, 3.05) is 12.4 Å². The standard InChI is InChI=1S/C15H24BrNOS/c1-12(2)17-15(3,11-18)9-4-10-19-14-7-5-13(16)6-8-14/h5-8,12,17-18H,4,9-11H2,1-3H3. The van der Waals surface area contributed by atoms with E-state index in [2.05, 4.69) is 66.3 Å². The molecule has 1 aromatic rings. The Morgan fingerprint density at radius 3 is 2.47 bits per heavy atom. The zero-order chi connectivity index (χ0) is 14.3. The van der Waals surface area contributed by atoms with Crippen molar-refractivity contribution in [3.05, 3.63) is 28.7 Å². The monoisotopic (exact) mass is 345 g/mol. The minimum atomic E-state index is -0.158. The average Bonchev–Trinajstić information content (AvgIpc) is 2.36. The van der Waals surface area contributed by atoms with Crippen molar-refractivity contribution in [3.8, 4) is 0 Å². The summed E-state index contributed by atoms with van der Waals surface area (Å²) in [5, 5.41) is 13.0. The minimum Gasteiger partial charge on any atom is -0.394 e. The van der Waals surface area contributed by atoms with Crippen molar-refractivity contribution >= 4 is 27.7 Å². The highest BCUT2D eigenvalue weighted by Gasteiger charge is 2.22. The van der Waals surface area contributed by atoms with Gasteiger partial charge in [0.05, 0.1) is 6.61 Å². The fraction of sp³-hybridized carbons (Fsp3) is 0.600. The second-order valence-corrected chi connectivity index (χ2v) is 7.51. The van der Waals surface area contributed by atoms with Gasteiger partial charge in [-0.1, -0.05) is 29.8 Å². The summed E-state index contributed by atoms with van der Waals surface area (Å²) in [6.45, 7) is 6.51. The van der Waals surface area contributed by atoms with Gasteiger partial charge in [0.25, 0.3) is 0 Å². The molecule has 0 aliphatic carbocycles. The Bertz CT molecular complexity index is 369. The summed E-state index contributed by atoms with van der Waals surface area (Å²) in [6.07, 6.45) is 2.09. The molecule has 19 heavy (non-hydrogen) atoms. The zero-order valence-corrected chi connectivity index (χ0v) is 14.4. The Morgan fingerprint density at radius 2 is 1.95 bits per heavy atom. The van der Waals surface area contributed by atoms with E-state index in [-0.39, 0.29) is 12.1 Å². The minimum absolute atomic E-state index is 0.158. The Hall–Kier alpha value is -0.0300. The Kier molecular flexibility index (Phi) is 7.44. The molecule has 0 saturated carbocycles. The fourth-order valence-electron chi connectivity index (χ4n) is 2.08. The summed E-state index contributed by atoms with van der Waals surface area (Å²) in [7, 11) is 0. The highest BCUT2D eigenvalue weighted by Crippen LogP contribution is 2.23. The predicted octanol–water partition coefficient (Wildman–Crippen LogP) is 4.07. The molecule has 0 aliphatic heterocycles. The summed E-state index contributed by atoms with van der Waals surface area (Å²) in [4.78, 5) is 1.30. The highest BCUT2D eigenvalue weighted by atomic mass is 79.9. The van der Waals surface area contributed by atoms with Gasteiger partial charge in [-0.2, -0.15) is 0 Å². The number of nitrogens with one attached hydrogen (secondary N) is 1. The lowest BCUT2D eigenvalue weighted by Crippen LogP contribution is -2.49. The van der Waals surface area contributed by atoms with E-state index < -0.39 is 0 Å². The number of halogens is 1. The Morgan fingerprint density at radius 1 is 1.32 bits per heavy atom. The number of thioether (sulfide) groups is 1. The maximum absolute atomic E-state index is 9.51. The van der Waals surface area contributed by atoms with Crippen molar-refractivity contribution in [1.82, 2.24) is 5.32 Å². The van der Waals surface area contributed by atoms with Crippen LogP contribution in [0.4, 0.5) is 0 Å². The van der Waals surface area contributed by atoms with Crippen LogP contribution in [0.5, 0.6) is 0 Å². The molecule has 1 aromatic carbocycles. The second kappa shape index (κ2) is 8.30. The van der Waals surface area contributed by atoms with Crippen LogP contribution in [0.25, 0.3) is 0 Å². The van der Waals surface area contributed by atoms with Gasteiger partial charge in [0.1, 0.15) is 0 Å². The van der Waals surface area contributed by atoms with Gasteiger partial charge in [-0.15, -0.1) is 11.8 Å². The van der Waals surface area contributed by atoms with Crippen LogP contribution in [0, 0.1) is 0 Å². The van der Waals surface area contributed by atoms with Crippen LogP contribution in [-0.4, -0.2) is 29.0 Å². The van der Waals surface area contributed by atoms with Crippen molar-refractivity contribution in [2.24, 2.45) is 0 Å². The molecule has 1 rings (SSSR count). The van der Waals surface area contributed by atoms with E-state index in [4.69, 9.17) is 0 Å². The lowest BCUT2D eigenvalue weighted by molar-refractivity contribution is 0.156. The summed E-state index contributed by atoms with van der Waals surface area (Å²) in [5.74, 6) is 1.08. The smallest absolute Gasteiger partial charge is 0.0610 e. The largest absolute Gasteiger partial charge is 0.394 e. The van der Waals surface area contributed by atoms with Crippen LogP contribution in [0.1, 0.15) is 33.6 Å². The molecular formula is C15H24BrNOS. The first-order chi connectivity index (χ1) is 8.95. The van der Waals surface area contributed by atoms with Gasteiger partial charge >= 0.3 is 0 Å². The number of hydrogen-bond donors (Lipinski definition) is 2. The van der Waals surface area contributed by atoms with Gasteiger partial charge in [0, 0.05) is 20.9 Å². The normalized spacial score (nSPS) is 14.6. The van der Waals surface area contributed by atoms with Gasteiger partial charge < -0.3 is 10.4 Å². The van der Waals surface area contributed by atoms with E-state index in [9.17, 15) is 5.11 Å². The van der Waals surface area contributed by atoms with Gasteiger partial charge in [0.15, 0.2) is 0 Å². The summed E-state index contributed by atoms with van der Waals surface area (Å²) in [6, 6.07) is 8.80. The molecule has 0 heterocycles. The third kappa shape index (κ3) is 6.80. The maximum atomic E-state index is 9.51. The van der Waals surface area contributed by atoms with Crippen LogP contribution >= 0.6 is 27.7 Å². The molecule has 1 unspecified atom stereocenters. The molecule has 0 aromatic heterocycles. The summed E-state index contributed by atoms with van der Waals surface area (Å²) < 4.78 is 1.12. The lowest BCUT2D eigenvalue weighted by atomic mass is 9.96. The van der Waals surface area contributed by atoms with Crippen LogP contribution < -0.4 is 5.32 Å². The number of aliphatic hydroxyl groups is 1. The van der Waals surface area contributed by atoms with Gasteiger partial charge in [0.2, 0.25) is 0 Å². The molecule has 0 fully saturated rings. The molecule has 0 radical (unpaired) electrons. The Balaban J connectivity index is 2.31. The molecule has 108 valence electrons. The van der Waals surface area contributed by atoms with Gasteiger partial charge in [-0.05, 0) is 49.8 Å². The predicted molar refractivity (Wildman–Crippen MR) is 87.9 cm³/mol.